The number of hydrogen-bond acceptors (Lipinski definition) is 4. The van der Waals surface area contributed by atoms with E-state index in [0.717, 1.165) is 44.2 Å². The maximum atomic E-state index is 11.0. The number of hydrazine groups is 1. The van der Waals surface area contributed by atoms with E-state index in [-0.39, 0.29) is 5.91 Å². The van der Waals surface area contributed by atoms with Gasteiger partial charge in [-0.2, -0.15) is 0 Å². The molecule has 0 bridgehead atoms. The van der Waals surface area contributed by atoms with Crippen LogP contribution in [0.25, 0.3) is 0 Å². The van der Waals surface area contributed by atoms with Gasteiger partial charge in [-0.3, -0.25) is 15.1 Å². The molecule has 1 heterocycles. The quantitative estimate of drug-likeness (QED) is 0.487. The zero-order chi connectivity index (χ0) is 14.4. The number of carbonyl (C=O) groups is 1. The number of nitrogens with zero attached hydrogens (tertiary/aromatic N) is 2. The van der Waals surface area contributed by atoms with Gasteiger partial charge in [0.2, 0.25) is 5.91 Å². The highest BCUT2D eigenvalue weighted by atomic mass is 35.5. The first-order chi connectivity index (χ1) is 9.69. The average molecular weight is 297 g/mol. The lowest BCUT2D eigenvalue weighted by atomic mass is 10.2. The van der Waals surface area contributed by atoms with Crippen LogP contribution in [0.15, 0.2) is 24.3 Å². The first kappa shape index (κ1) is 15.1. The third-order valence-corrected chi connectivity index (χ3v) is 3.82. The molecule has 1 aliphatic heterocycles. The summed E-state index contributed by atoms with van der Waals surface area (Å²) in [4.78, 5) is 15.8. The monoisotopic (exact) mass is 296 g/mol. The highest BCUT2D eigenvalue weighted by molar-refractivity contribution is 6.30. The van der Waals surface area contributed by atoms with Crippen molar-refractivity contribution in [2.75, 3.05) is 37.6 Å². The third-order valence-electron chi connectivity index (χ3n) is 3.58. The number of benzene rings is 1. The Balaban J connectivity index is 1.74. The molecule has 5 nitrogen and oxygen atoms in total. The molecule has 1 saturated heterocycles. The zero-order valence-electron chi connectivity index (χ0n) is 11.5. The minimum Gasteiger partial charge on any atom is -0.369 e. The van der Waals surface area contributed by atoms with E-state index >= 15 is 0 Å². The van der Waals surface area contributed by atoms with E-state index in [9.17, 15) is 4.79 Å². The fraction of sp³-hybridized carbons (Fsp3) is 0.500. The Labute approximate surface area is 124 Å². The van der Waals surface area contributed by atoms with Crippen LogP contribution in [0.2, 0.25) is 5.02 Å². The second kappa shape index (κ2) is 7.47. The van der Waals surface area contributed by atoms with Crippen molar-refractivity contribution in [2.24, 2.45) is 5.84 Å². The summed E-state index contributed by atoms with van der Waals surface area (Å²) >= 11 is 6.02. The lowest BCUT2D eigenvalue weighted by Gasteiger charge is -2.36. The van der Waals surface area contributed by atoms with Crippen LogP contribution in [0, 0.1) is 0 Å². The molecule has 0 aliphatic carbocycles. The summed E-state index contributed by atoms with van der Waals surface area (Å²) in [6, 6.07) is 7.97. The van der Waals surface area contributed by atoms with Crippen molar-refractivity contribution >= 4 is 23.2 Å². The molecule has 0 atom stereocenters. The molecule has 0 aromatic heterocycles. The molecule has 0 spiro atoms. The molecule has 2 rings (SSSR count). The largest absolute Gasteiger partial charge is 0.369 e. The van der Waals surface area contributed by atoms with Crippen LogP contribution >= 0.6 is 11.6 Å². The number of amides is 1. The number of carbonyl (C=O) groups excluding carboxylic acids is 1. The average Bonchev–Trinajstić information content (AvgIpc) is 2.48. The Kier molecular flexibility index (Phi) is 5.64. The molecule has 1 aliphatic rings. The van der Waals surface area contributed by atoms with Gasteiger partial charge in [-0.1, -0.05) is 17.7 Å². The van der Waals surface area contributed by atoms with E-state index in [0.29, 0.717) is 6.42 Å². The lowest BCUT2D eigenvalue weighted by Crippen LogP contribution is -2.46. The SMILES string of the molecule is NNC(=O)CCCN1CCN(c2cccc(Cl)c2)CC1. The van der Waals surface area contributed by atoms with Crippen molar-refractivity contribution < 1.29 is 4.79 Å². The van der Waals surface area contributed by atoms with Crippen LogP contribution in [0.3, 0.4) is 0 Å². The number of nitrogens with two attached hydrogens (primary N) is 1. The van der Waals surface area contributed by atoms with Gasteiger partial charge in [-0.15, -0.1) is 0 Å². The summed E-state index contributed by atoms with van der Waals surface area (Å²) in [6.45, 7) is 4.94. The maximum Gasteiger partial charge on any atom is 0.233 e. The summed E-state index contributed by atoms with van der Waals surface area (Å²) in [5.74, 6) is 4.96. The molecule has 1 amide bonds. The van der Waals surface area contributed by atoms with Crippen LogP contribution in [0.1, 0.15) is 12.8 Å². The zero-order valence-corrected chi connectivity index (χ0v) is 12.3. The van der Waals surface area contributed by atoms with Crippen molar-refractivity contribution in [3.8, 4) is 0 Å². The normalized spacial score (nSPS) is 16.2. The van der Waals surface area contributed by atoms with E-state index in [2.05, 4.69) is 21.3 Å². The van der Waals surface area contributed by atoms with Gasteiger partial charge in [-0.05, 0) is 31.2 Å². The molecule has 1 fully saturated rings. The molecule has 1 aromatic rings. The van der Waals surface area contributed by atoms with Crippen LogP contribution in [0.4, 0.5) is 5.69 Å². The predicted molar refractivity (Wildman–Crippen MR) is 81.7 cm³/mol. The Morgan fingerprint density at radius 2 is 2.05 bits per heavy atom. The van der Waals surface area contributed by atoms with Crippen molar-refractivity contribution in [1.29, 1.82) is 0 Å². The Morgan fingerprint density at radius 3 is 2.70 bits per heavy atom. The number of hydrogen-bond donors (Lipinski definition) is 2. The van der Waals surface area contributed by atoms with E-state index in [1.165, 1.54) is 5.69 Å². The number of rotatable bonds is 5. The smallest absolute Gasteiger partial charge is 0.233 e. The van der Waals surface area contributed by atoms with Crippen molar-refractivity contribution in [3.05, 3.63) is 29.3 Å². The Morgan fingerprint density at radius 1 is 1.30 bits per heavy atom. The number of piperazine rings is 1. The molecule has 20 heavy (non-hydrogen) atoms. The first-order valence-electron chi connectivity index (χ1n) is 6.91. The van der Waals surface area contributed by atoms with Gasteiger partial charge >= 0.3 is 0 Å². The maximum absolute atomic E-state index is 11.0. The molecule has 0 unspecified atom stereocenters. The third kappa shape index (κ3) is 4.37. The van der Waals surface area contributed by atoms with Crippen LogP contribution in [-0.4, -0.2) is 43.5 Å². The van der Waals surface area contributed by atoms with E-state index in [1.54, 1.807) is 0 Å². The predicted octanol–water partition coefficient (Wildman–Crippen LogP) is 1.23. The van der Waals surface area contributed by atoms with Gasteiger partial charge in [0.05, 0.1) is 0 Å². The number of nitrogens with one attached hydrogen (secondary N) is 1. The van der Waals surface area contributed by atoms with Crippen molar-refractivity contribution in [1.82, 2.24) is 10.3 Å². The lowest BCUT2D eigenvalue weighted by molar-refractivity contribution is -0.121. The number of halogens is 1. The molecule has 3 N–H and O–H groups in total. The van der Waals surface area contributed by atoms with Gasteiger partial charge < -0.3 is 4.90 Å². The van der Waals surface area contributed by atoms with Gasteiger partial charge in [0.1, 0.15) is 0 Å². The minimum absolute atomic E-state index is 0.0948. The highest BCUT2D eigenvalue weighted by Crippen LogP contribution is 2.20. The second-order valence-electron chi connectivity index (χ2n) is 4.98. The Bertz CT molecular complexity index is 447. The van der Waals surface area contributed by atoms with Crippen molar-refractivity contribution in [2.45, 2.75) is 12.8 Å². The molecule has 0 saturated carbocycles. The topological polar surface area (TPSA) is 61.6 Å². The molecule has 6 heteroatoms. The minimum atomic E-state index is -0.0948. The van der Waals surface area contributed by atoms with Gasteiger partial charge in [0.25, 0.3) is 0 Å². The molecule has 1 aromatic carbocycles. The second-order valence-corrected chi connectivity index (χ2v) is 5.42. The van der Waals surface area contributed by atoms with Crippen LogP contribution < -0.4 is 16.2 Å². The van der Waals surface area contributed by atoms with Gasteiger partial charge in [-0.25, -0.2) is 5.84 Å². The summed E-state index contributed by atoms with van der Waals surface area (Å²) in [5.41, 5.74) is 3.34. The van der Waals surface area contributed by atoms with Crippen LogP contribution in [-0.2, 0) is 4.79 Å². The van der Waals surface area contributed by atoms with Crippen LogP contribution in [0.5, 0.6) is 0 Å². The van der Waals surface area contributed by atoms with E-state index in [4.69, 9.17) is 17.4 Å². The number of anilines is 1. The summed E-state index contributed by atoms with van der Waals surface area (Å²) < 4.78 is 0. The van der Waals surface area contributed by atoms with E-state index < -0.39 is 0 Å². The molecule has 110 valence electrons. The standard InChI is InChI=1S/C14H21ClN4O/c15-12-3-1-4-13(11-12)19-9-7-18(8-10-19)6-2-5-14(20)17-16/h1,3-4,11H,2,5-10,16H2,(H,17,20). The first-order valence-corrected chi connectivity index (χ1v) is 7.29. The van der Waals surface area contributed by atoms with E-state index in [1.807, 2.05) is 18.2 Å². The summed E-state index contributed by atoms with van der Waals surface area (Å²) in [6.07, 6.45) is 1.34. The van der Waals surface area contributed by atoms with Gasteiger partial charge in [0, 0.05) is 43.3 Å². The summed E-state index contributed by atoms with van der Waals surface area (Å²) in [7, 11) is 0. The molecular formula is C14H21ClN4O. The van der Waals surface area contributed by atoms with Gasteiger partial charge in [0.15, 0.2) is 0 Å². The highest BCUT2D eigenvalue weighted by Gasteiger charge is 2.17. The summed E-state index contributed by atoms with van der Waals surface area (Å²) in [5, 5.41) is 0.776. The Hall–Kier alpha value is -1.30. The molecule has 0 radical (unpaired) electrons. The van der Waals surface area contributed by atoms with Crippen molar-refractivity contribution in [3.63, 3.8) is 0 Å². The molecular weight excluding hydrogens is 276 g/mol. The fourth-order valence-electron chi connectivity index (χ4n) is 2.44. The fourth-order valence-corrected chi connectivity index (χ4v) is 2.62.